The van der Waals surface area contributed by atoms with E-state index in [0.717, 1.165) is 57.7 Å². The number of nitrogens with zero attached hydrogens (tertiary/aromatic N) is 1. The minimum Gasteiger partial charge on any atom is -0.384 e. The third-order valence-corrected chi connectivity index (χ3v) is 6.85. The topological polar surface area (TPSA) is 32.7 Å². The minimum absolute atomic E-state index is 0.0328. The van der Waals surface area contributed by atoms with E-state index in [1.54, 1.807) is 0 Å². The highest BCUT2D eigenvalue weighted by Crippen LogP contribution is 2.42. The number of hydrogen-bond donors (Lipinski definition) is 1. The van der Waals surface area contributed by atoms with E-state index in [4.69, 9.17) is 4.74 Å². The fourth-order valence-corrected chi connectivity index (χ4v) is 4.81. The van der Waals surface area contributed by atoms with Crippen molar-refractivity contribution >= 4 is 0 Å². The number of aliphatic hydroxyl groups is 1. The maximum atomic E-state index is 12.4. The van der Waals surface area contributed by atoms with Gasteiger partial charge in [0.15, 0.2) is 0 Å². The molecule has 0 amide bonds. The van der Waals surface area contributed by atoms with Gasteiger partial charge in [0.25, 0.3) is 0 Å². The molecule has 0 saturated carbocycles. The van der Waals surface area contributed by atoms with E-state index < -0.39 is 5.60 Å². The van der Waals surface area contributed by atoms with Crippen LogP contribution in [0, 0.1) is 0 Å². The summed E-state index contributed by atoms with van der Waals surface area (Å²) in [5.74, 6) is 0.0328. The van der Waals surface area contributed by atoms with Crippen molar-refractivity contribution in [2.45, 2.75) is 70.3 Å². The van der Waals surface area contributed by atoms with Crippen LogP contribution < -0.4 is 0 Å². The first-order valence-electron chi connectivity index (χ1n) is 12.3. The number of ether oxygens (including phenoxy) is 1. The molecule has 3 nitrogen and oxygen atoms in total. The molecule has 0 unspecified atom stereocenters. The number of morpholine rings is 1. The number of rotatable bonds is 12. The number of unbranched alkanes of at least 4 members (excludes halogenated alkanes) is 4. The first-order valence-corrected chi connectivity index (χ1v) is 12.3. The summed E-state index contributed by atoms with van der Waals surface area (Å²) in [6, 6.07) is 19.4. The van der Waals surface area contributed by atoms with E-state index in [0.29, 0.717) is 0 Å². The molecular formula is C28H41NO2. The molecule has 3 rings (SSSR count). The van der Waals surface area contributed by atoms with Crippen LogP contribution in [0.15, 0.2) is 54.6 Å². The predicted octanol–water partition coefficient (Wildman–Crippen LogP) is 5.91. The van der Waals surface area contributed by atoms with E-state index in [2.05, 4.69) is 73.3 Å². The van der Waals surface area contributed by atoms with Crippen LogP contribution in [0.3, 0.4) is 0 Å². The standard InChI is InChI=1S/C28H41NO2/c1-3-5-6-7-11-18-28(30,26-16-14-24(4-2)15-17-26)27(25-12-9-8-10-13-25)23-29-19-21-31-22-20-29/h8-10,12-17,27,30H,3-7,11,18-23H2,1-2H3/t27-,28+/m1/s1. The first kappa shape index (κ1) is 24.0. The van der Waals surface area contributed by atoms with E-state index in [9.17, 15) is 5.11 Å². The van der Waals surface area contributed by atoms with Crippen LogP contribution in [0.5, 0.6) is 0 Å². The SMILES string of the molecule is CCCCCCC[C@](O)(c1ccc(CC)cc1)[C@H](CN1CCOCC1)c1ccccc1. The van der Waals surface area contributed by atoms with Gasteiger partial charge in [0.05, 0.1) is 18.8 Å². The van der Waals surface area contributed by atoms with Gasteiger partial charge in [-0.1, -0.05) is 101 Å². The summed E-state index contributed by atoms with van der Waals surface area (Å²) >= 11 is 0. The average Bonchev–Trinajstić information content (AvgIpc) is 2.83. The van der Waals surface area contributed by atoms with Crippen molar-refractivity contribution in [2.75, 3.05) is 32.8 Å². The van der Waals surface area contributed by atoms with Crippen molar-refractivity contribution in [3.05, 3.63) is 71.3 Å². The Morgan fingerprint density at radius 3 is 2.23 bits per heavy atom. The Labute approximate surface area is 189 Å². The Hall–Kier alpha value is -1.68. The van der Waals surface area contributed by atoms with Crippen LogP contribution in [0.2, 0.25) is 0 Å². The number of hydrogen-bond acceptors (Lipinski definition) is 3. The van der Waals surface area contributed by atoms with Gasteiger partial charge >= 0.3 is 0 Å². The smallest absolute Gasteiger partial charge is 0.0977 e. The van der Waals surface area contributed by atoms with Crippen LogP contribution in [-0.4, -0.2) is 42.9 Å². The van der Waals surface area contributed by atoms with Crippen molar-refractivity contribution in [1.82, 2.24) is 4.90 Å². The van der Waals surface area contributed by atoms with Crippen LogP contribution in [0.25, 0.3) is 0 Å². The third-order valence-electron chi connectivity index (χ3n) is 6.85. The molecule has 1 heterocycles. The van der Waals surface area contributed by atoms with E-state index in [1.165, 1.54) is 36.8 Å². The predicted molar refractivity (Wildman–Crippen MR) is 130 cm³/mol. The molecule has 2 atom stereocenters. The molecule has 1 aliphatic heterocycles. The van der Waals surface area contributed by atoms with Crippen LogP contribution in [0.1, 0.15) is 75.0 Å². The van der Waals surface area contributed by atoms with Gasteiger partial charge in [-0.3, -0.25) is 4.90 Å². The molecule has 3 heteroatoms. The molecule has 0 aliphatic carbocycles. The molecule has 1 aliphatic rings. The molecule has 2 aromatic rings. The van der Waals surface area contributed by atoms with Crippen LogP contribution >= 0.6 is 0 Å². The van der Waals surface area contributed by atoms with Crippen molar-refractivity contribution in [1.29, 1.82) is 0 Å². The summed E-state index contributed by atoms with van der Waals surface area (Å²) in [4.78, 5) is 2.46. The fourth-order valence-electron chi connectivity index (χ4n) is 4.81. The molecule has 2 aromatic carbocycles. The van der Waals surface area contributed by atoms with Gasteiger partial charge in [-0.2, -0.15) is 0 Å². The van der Waals surface area contributed by atoms with Crippen molar-refractivity contribution in [3.63, 3.8) is 0 Å². The van der Waals surface area contributed by atoms with Gasteiger partial charge in [0, 0.05) is 25.6 Å². The summed E-state index contributed by atoms with van der Waals surface area (Å²) in [5, 5.41) is 12.4. The second kappa shape index (κ2) is 12.4. The van der Waals surface area contributed by atoms with E-state index in [1.807, 2.05) is 0 Å². The molecule has 0 bridgehead atoms. The lowest BCUT2D eigenvalue weighted by Gasteiger charge is -2.41. The van der Waals surface area contributed by atoms with Crippen LogP contribution in [0.4, 0.5) is 0 Å². The van der Waals surface area contributed by atoms with Gasteiger partial charge in [0.1, 0.15) is 0 Å². The molecular weight excluding hydrogens is 382 g/mol. The second-order valence-electron chi connectivity index (χ2n) is 9.02. The van der Waals surface area contributed by atoms with E-state index in [-0.39, 0.29) is 5.92 Å². The lowest BCUT2D eigenvalue weighted by atomic mass is 9.73. The highest BCUT2D eigenvalue weighted by Gasteiger charge is 2.40. The molecule has 1 N–H and O–H groups in total. The zero-order valence-electron chi connectivity index (χ0n) is 19.6. The monoisotopic (exact) mass is 423 g/mol. The average molecular weight is 424 g/mol. The second-order valence-corrected chi connectivity index (χ2v) is 9.02. The Balaban J connectivity index is 1.91. The van der Waals surface area contributed by atoms with Gasteiger partial charge in [0.2, 0.25) is 0 Å². The summed E-state index contributed by atoms with van der Waals surface area (Å²) in [5.41, 5.74) is 2.73. The maximum Gasteiger partial charge on any atom is 0.0977 e. The van der Waals surface area contributed by atoms with Gasteiger partial charge in [-0.15, -0.1) is 0 Å². The van der Waals surface area contributed by atoms with Gasteiger partial charge in [-0.05, 0) is 29.5 Å². The molecule has 0 aromatic heterocycles. The van der Waals surface area contributed by atoms with Gasteiger partial charge < -0.3 is 9.84 Å². The zero-order valence-corrected chi connectivity index (χ0v) is 19.6. The molecule has 1 fully saturated rings. The third kappa shape index (κ3) is 6.65. The highest BCUT2D eigenvalue weighted by atomic mass is 16.5. The quantitative estimate of drug-likeness (QED) is 0.431. The molecule has 31 heavy (non-hydrogen) atoms. The first-order chi connectivity index (χ1) is 15.2. The Morgan fingerprint density at radius 2 is 1.58 bits per heavy atom. The van der Waals surface area contributed by atoms with E-state index >= 15 is 0 Å². The number of aryl methyl sites for hydroxylation is 1. The molecule has 1 saturated heterocycles. The summed E-state index contributed by atoms with van der Waals surface area (Å²) in [6.45, 7) is 8.72. The molecule has 0 spiro atoms. The Kier molecular flexibility index (Phi) is 9.57. The number of benzene rings is 2. The van der Waals surface area contributed by atoms with Crippen molar-refractivity contribution < 1.29 is 9.84 Å². The lowest BCUT2D eigenvalue weighted by molar-refractivity contribution is -0.0296. The minimum atomic E-state index is -0.877. The molecule has 0 radical (unpaired) electrons. The summed E-state index contributed by atoms with van der Waals surface area (Å²) in [6.07, 6.45) is 7.82. The Morgan fingerprint density at radius 1 is 0.903 bits per heavy atom. The fraction of sp³-hybridized carbons (Fsp3) is 0.571. The normalized spacial score (nSPS) is 17.9. The Bertz CT molecular complexity index is 739. The van der Waals surface area contributed by atoms with Crippen molar-refractivity contribution in [2.24, 2.45) is 0 Å². The van der Waals surface area contributed by atoms with Crippen LogP contribution in [-0.2, 0) is 16.8 Å². The van der Waals surface area contributed by atoms with Crippen molar-refractivity contribution in [3.8, 4) is 0 Å². The highest BCUT2D eigenvalue weighted by molar-refractivity contribution is 5.33. The summed E-state index contributed by atoms with van der Waals surface area (Å²) in [7, 11) is 0. The lowest BCUT2D eigenvalue weighted by Crippen LogP contribution is -2.45. The summed E-state index contributed by atoms with van der Waals surface area (Å²) < 4.78 is 5.58. The zero-order chi connectivity index (χ0) is 21.9. The van der Waals surface area contributed by atoms with Gasteiger partial charge in [-0.25, -0.2) is 0 Å². The maximum absolute atomic E-state index is 12.4. The molecule has 170 valence electrons. The largest absolute Gasteiger partial charge is 0.384 e.